The molecule has 0 spiro atoms. The summed E-state index contributed by atoms with van der Waals surface area (Å²) in [6.07, 6.45) is 14.7. The lowest BCUT2D eigenvalue weighted by Gasteiger charge is -2.61. The smallest absolute Gasteiger partial charge is 0.146 e. The van der Waals surface area contributed by atoms with E-state index in [0.29, 0.717) is 22.5 Å². The highest BCUT2D eigenvalue weighted by atomic mass is 79.9. The van der Waals surface area contributed by atoms with Gasteiger partial charge in [-0.05, 0) is 97.2 Å². The molecule has 0 radical (unpaired) electrons. The molecule has 4 fully saturated rings. The van der Waals surface area contributed by atoms with Gasteiger partial charge in [-0.25, -0.2) is 0 Å². The first-order valence-electron chi connectivity index (χ1n) is 12.8. The molecule has 0 aliphatic heterocycles. The van der Waals surface area contributed by atoms with Crippen molar-refractivity contribution in [3.63, 3.8) is 0 Å². The van der Waals surface area contributed by atoms with Gasteiger partial charge in [0.15, 0.2) is 0 Å². The fourth-order valence-electron chi connectivity index (χ4n) is 9.08. The third-order valence-corrected chi connectivity index (χ3v) is 11.5. The first-order chi connectivity index (χ1) is 13.7. The summed E-state index contributed by atoms with van der Waals surface area (Å²) in [7, 11) is 0. The number of hydrogen-bond acceptors (Lipinski definition) is 1. The van der Waals surface area contributed by atoms with E-state index in [1.807, 2.05) is 0 Å². The average Bonchev–Trinajstić information content (AvgIpc) is 3.00. The number of ketones is 1. The summed E-state index contributed by atoms with van der Waals surface area (Å²) in [6.45, 7) is 12.6. The molecule has 0 aromatic heterocycles. The first-order valence-corrected chi connectivity index (χ1v) is 13.7. The zero-order valence-corrected chi connectivity index (χ0v) is 21.3. The molecule has 0 heterocycles. The molecule has 4 saturated carbocycles. The van der Waals surface area contributed by atoms with Gasteiger partial charge in [-0.1, -0.05) is 69.8 Å². The van der Waals surface area contributed by atoms with Crippen LogP contribution in [-0.4, -0.2) is 10.6 Å². The quantitative estimate of drug-likeness (QED) is 0.375. The largest absolute Gasteiger partial charge is 0.298 e. The molecule has 9 atom stereocenters. The van der Waals surface area contributed by atoms with Crippen molar-refractivity contribution in [3.05, 3.63) is 0 Å². The van der Waals surface area contributed by atoms with E-state index in [1.165, 1.54) is 57.8 Å². The Kier molecular flexibility index (Phi) is 6.36. The van der Waals surface area contributed by atoms with Crippen molar-refractivity contribution in [1.82, 2.24) is 0 Å². The van der Waals surface area contributed by atoms with Gasteiger partial charge >= 0.3 is 0 Å². The maximum atomic E-state index is 12.4. The molecule has 4 rings (SSSR count). The number of Topliss-reactive ketones (excluding diaryl/α,β-unsaturated/α-hetero) is 1. The molecule has 0 N–H and O–H groups in total. The summed E-state index contributed by atoms with van der Waals surface area (Å²) in [5, 5.41) is 0. The van der Waals surface area contributed by atoms with Crippen LogP contribution in [0.15, 0.2) is 0 Å². The van der Waals surface area contributed by atoms with Crippen molar-refractivity contribution in [2.75, 3.05) is 0 Å². The Morgan fingerprint density at radius 2 is 1.69 bits per heavy atom. The number of halogens is 1. The predicted molar refractivity (Wildman–Crippen MR) is 126 cm³/mol. The third-order valence-electron chi connectivity index (χ3n) is 10.7. The normalized spacial score (nSPS) is 48.2. The van der Waals surface area contributed by atoms with Crippen LogP contribution in [0.1, 0.15) is 105 Å². The van der Waals surface area contributed by atoms with Crippen LogP contribution in [-0.2, 0) is 4.79 Å². The van der Waals surface area contributed by atoms with Crippen molar-refractivity contribution in [2.45, 2.75) is 110 Å². The molecule has 2 heteroatoms. The topological polar surface area (TPSA) is 17.1 Å². The van der Waals surface area contributed by atoms with Crippen molar-refractivity contribution in [1.29, 1.82) is 0 Å². The molecule has 0 bridgehead atoms. The molecule has 4 aliphatic rings. The summed E-state index contributed by atoms with van der Waals surface area (Å²) in [4.78, 5) is 12.5. The Morgan fingerprint density at radius 3 is 2.41 bits per heavy atom. The van der Waals surface area contributed by atoms with Gasteiger partial charge in [0.05, 0.1) is 4.83 Å². The standard InChI is InChI=1S/C27H45BrO/c1-17(2)7-6-8-18(3)21-11-12-22-20-10-9-19-15-25(29)24(28)16-27(19,5)23(20)13-14-26(21,22)4/h17-24H,6-16H2,1-5H3/t18-,19+,20?,21?,22?,23?,24-,26?,27?/m1/s1. The van der Waals surface area contributed by atoms with Crippen molar-refractivity contribution < 1.29 is 4.79 Å². The second-order valence-electron chi connectivity index (χ2n) is 12.5. The van der Waals surface area contributed by atoms with Crippen molar-refractivity contribution >= 4 is 21.7 Å². The maximum absolute atomic E-state index is 12.4. The molecule has 0 amide bonds. The van der Waals surface area contributed by atoms with Crippen LogP contribution in [0.5, 0.6) is 0 Å². The SMILES string of the molecule is CC(C)CCC[C@@H](C)C1CCC2C3CC[C@H]4CC(=O)[C@H](Br)CC4(C)C3CCC21C. The fraction of sp³-hybridized carbons (Fsp3) is 0.963. The second-order valence-corrected chi connectivity index (χ2v) is 13.6. The van der Waals surface area contributed by atoms with Crippen LogP contribution in [0.3, 0.4) is 0 Å². The lowest BCUT2D eigenvalue weighted by atomic mass is 9.44. The van der Waals surface area contributed by atoms with Crippen LogP contribution in [0.2, 0.25) is 0 Å². The Balaban J connectivity index is 1.48. The predicted octanol–water partition coefficient (Wildman–Crippen LogP) is 8.05. The summed E-state index contributed by atoms with van der Waals surface area (Å²) in [6, 6.07) is 0. The van der Waals surface area contributed by atoms with Gasteiger partial charge in [0.1, 0.15) is 5.78 Å². The van der Waals surface area contributed by atoms with E-state index in [1.54, 1.807) is 0 Å². The number of fused-ring (bicyclic) bond motifs is 5. The summed E-state index contributed by atoms with van der Waals surface area (Å²) < 4.78 is 0. The molecule has 1 nitrogen and oxygen atoms in total. The van der Waals surface area contributed by atoms with Crippen LogP contribution in [0.25, 0.3) is 0 Å². The van der Waals surface area contributed by atoms with Crippen molar-refractivity contribution in [2.24, 2.45) is 52.3 Å². The third kappa shape index (κ3) is 3.80. The first kappa shape index (κ1) is 22.3. The number of carbonyl (C=O) groups excluding carboxylic acids is 1. The monoisotopic (exact) mass is 464 g/mol. The molecular formula is C27H45BrO. The Hall–Kier alpha value is 0.150. The van der Waals surface area contributed by atoms with Gasteiger partial charge in [0.25, 0.3) is 0 Å². The molecule has 0 aromatic rings. The van der Waals surface area contributed by atoms with Crippen LogP contribution < -0.4 is 0 Å². The van der Waals surface area contributed by atoms with E-state index in [-0.39, 0.29) is 4.83 Å². The van der Waals surface area contributed by atoms with E-state index >= 15 is 0 Å². The number of rotatable bonds is 5. The Morgan fingerprint density at radius 1 is 0.966 bits per heavy atom. The molecule has 4 aliphatic carbocycles. The van der Waals surface area contributed by atoms with E-state index < -0.39 is 0 Å². The van der Waals surface area contributed by atoms with Crippen LogP contribution in [0.4, 0.5) is 0 Å². The van der Waals surface area contributed by atoms with Gasteiger partial charge in [0, 0.05) is 6.42 Å². The number of alkyl halides is 1. The summed E-state index contributed by atoms with van der Waals surface area (Å²) in [5.74, 6) is 6.56. The zero-order chi connectivity index (χ0) is 21.0. The molecule has 6 unspecified atom stereocenters. The minimum atomic E-state index is 0.119. The van der Waals surface area contributed by atoms with E-state index in [2.05, 4.69) is 50.5 Å². The summed E-state index contributed by atoms with van der Waals surface area (Å²) in [5.41, 5.74) is 0.979. The number of hydrogen-bond donors (Lipinski definition) is 0. The van der Waals surface area contributed by atoms with Crippen LogP contribution >= 0.6 is 15.9 Å². The van der Waals surface area contributed by atoms with E-state index in [0.717, 1.165) is 48.3 Å². The molecular weight excluding hydrogens is 420 g/mol. The Labute approximate surface area is 188 Å². The van der Waals surface area contributed by atoms with Gasteiger partial charge in [-0.2, -0.15) is 0 Å². The molecule has 166 valence electrons. The number of carbonyl (C=O) groups is 1. The minimum Gasteiger partial charge on any atom is -0.298 e. The van der Waals surface area contributed by atoms with Crippen molar-refractivity contribution in [3.8, 4) is 0 Å². The lowest BCUT2D eigenvalue weighted by molar-refractivity contribution is -0.139. The highest BCUT2D eigenvalue weighted by Crippen LogP contribution is 2.68. The van der Waals surface area contributed by atoms with Gasteiger partial charge < -0.3 is 0 Å². The van der Waals surface area contributed by atoms with Gasteiger partial charge in [-0.15, -0.1) is 0 Å². The fourth-order valence-corrected chi connectivity index (χ4v) is 9.97. The lowest BCUT2D eigenvalue weighted by Crippen LogP contribution is -2.55. The van der Waals surface area contributed by atoms with Gasteiger partial charge in [0.2, 0.25) is 0 Å². The Bertz CT molecular complexity index is 614. The molecule has 29 heavy (non-hydrogen) atoms. The second kappa shape index (κ2) is 8.25. The van der Waals surface area contributed by atoms with Gasteiger partial charge in [-0.3, -0.25) is 4.79 Å². The maximum Gasteiger partial charge on any atom is 0.146 e. The van der Waals surface area contributed by atoms with E-state index in [9.17, 15) is 4.79 Å². The average molecular weight is 466 g/mol. The molecule has 0 aromatic carbocycles. The van der Waals surface area contributed by atoms with Crippen LogP contribution in [0, 0.1) is 52.3 Å². The highest BCUT2D eigenvalue weighted by molar-refractivity contribution is 9.10. The minimum absolute atomic E-state index is 0.119. The summed E-state index contributed by atoms with van der Waals surface area (Å²) >= 11 is 3.75. The van der Waals surface area contributed by atoms with E-state index in [4.69, 9.17) is 0 Å². The highest BCUT2D eigenvalue weighted by Gasteiger charge is 2.61. The molecule has 0 saturated heterocycles. The zero-order valence-electron chi connectivity index (χ0n) is 19.7.